The Labute approximate surface area is 104 Å². The van der Waals surface area contributed by atoms with E-state index in [2.05, 4.69) is 31.4 Å². The molecule has 0 radical (unpaired) electrons. The van der Waals surface area contributed by atoms with Gasteiger partial charge in [-0.1, -0.05) is 18.2 Å². The Hall–Kier alpha value is -0.930. The molecule has 0 saturated carbocycles. The Kier molecular flexibility index (Phi) is 5.59. The van der Waals surface area contributed by atoms with Gasteiger partial charge in [0.05, 0.1) is 0 Å². The van der Waals surface area contributed by atoms with E-state index in [-0.39, 0.29) is 11.4 Å². The van der Waals surface area contributed by atoms with Crippen molar-refractivity contribution in [3.05, 3.63) is 35.6 Å². The molecule has 0 aliphatic heterocycles. The summed E-state index contributed by atoms with van der Waals surface area (Å²) in [5.41, 5.74) is 0.941. The van der Waals surface area contributed by atoms with Crippen LogP contribution in [-0.2, 0) is 6.42 Å². The van der Waals surface area contributed by atoms with Gasteiger partial charge >= 0.3 is 0 Å². The van der Waals surface area contributed by atoms with E-state index >= 15 is 0 Å². The van der Waals surface area contributed by atoms with Crippen molar-refractivity contribution in [2.24, 2.45) is 0 Å². The number of hydrogen-bond donors (Lipinski definition) is 2. The molecule has 17 heavy (non-hydrogen) atoms. The zero-order valence-corrected chi connectivity index (χ0v) is 11.0. The topological polar surface area (TPSA) is 24.1 Å². The third-order valence-electron chi connectivity index (χ3n) is 2.49. The predicted molar refractivity (Wildman–Crippen MR) is 70.7 cm³/mol. The average Bonchev–Trinajstić information content (AvgIpc) is 2.24. The van der Waals surface area contributed by atoms with Crippen molar-refractivity contribution in [1.82, 2.24) is 10.6 Å². The SMILES string of the molecule is CC(C)(C)NCCNCCc1ccccc1F. The molecule has 0 bridgehead atoms. The van der Waals surface area contributed by atoms with Gasteiger partial charge in [-0.2, -0.15) is 0 Å². The van der Waals surface area contributed by atoms with Crippen LogP contribution in [-0.4, -0.2) is 25.2 Å². The van der Waals surface area contributed by atoms with Gasteiger partial charge in [0.2, 0.25) is 0 Å². The summed E-state index contributed by atoms with van der Waals surface area (Å²) in [6.45, 7) is 9.09. The smallest absolute Gasteiger partial charge is 0.126 e. The molecule has 0 spiro atoms. The van der Waals surface area contributed by atoms with Crippen molar-refractivity contribution in [2.45, 2.75) is 32.7 Å². The van der Waals surface area contributed by atoms with Gasteiger partial charge in [0.25, 0.3) is 0 Å². The van der Waals surface area contributed by atoms with E-state index in [0.29, 0.717) is 0 Å². The van der Waals surface area contributed by atoms with Gasteiger partial charge in [-0.3, -0.25) is 0 Å². The summed E-state index contributed by atoms with van der Waals surface area (Å²) in [5.74, 6) is -0.109. The van der Waals surface area contributed by atoms with Crippen LogP contribution in [0.1, 0.15) is 26.3 Å². The lowest BCUT2D eigenvalue weighted by molar-refractivity contribution is 0.422. The molecule has 0 atom stereocenters. The zero-order chi connectivity index (χ0) is 12.7. The molecule has 2 nitrogen and oxygen atoms in total. The van der Waals surface area contributed by atoms with Crippen LogP contribution in [0.25, 0.3) is 0 Å². The number of rotatable bonds is 6. The standard InChI is InChI=1S/C14H23FN2/c1-14(2,3)17-11-10-16-9-8-12-6-4-5-7-13(12)15/h4-7,16-17H,8-11H2,1-3H3. The lowest BCUT2D eigenvalue weighted by Gasteiger charge is -2.20. The van der Waals surface area contributed by atoms with E-state index in [9.17, 15) is 4.39 Å². The Bertz CT molecular complexity index is 331. The second kappa shape index (κ2) is 6.72. The normalized spacial score (nSPS) is 11.8. The molecule has 0 heterocycles. The fourth-order valence-corrected chi connectivity index (χ4v) is 1.58. The highest BCUT2D eigenvalue weighted by Crippen LogP contribution is 2.05. The van der Waals surface area contributed by atoms with Crippen molar-refractivity contribution < 1.29 is 4.39 Å². The highest BCUT2D eigenvalue weighted by molar-refractivity contribution is 5.17. The summed E-state index contributed by atoms with van der Waals surface area (Å²) < 4.78 is 13.3. The van der Waals surface area contributed by atoms with Crippen molar-refractivity contribution >= 4 is 0 Å². The van der Waals surface area contributed by atoms with E-state index in [1.807, 2.05) is 12.1 Å². The summed E-state index contributed by atoms with van der Waals surface area (Å²) in [5, 5.41) is 6.70. The maximum Gasteiger partial charge on any atom is 0.126 e. The Morgan fingerprint density at radius 1 is 1.06 bits per heavy atom. The molecule has 0 aliphatic carbocycles. The fourth-order valence-electron chi connectivity index (χ4n) is 1.58. The molecule has 0 unspecified atom stereocenters. The summed E-state index contributed by atoms with van der Waals surface area (Å²) in [6.07, 6.45) is 0.738. The van der Waals surface area contributed by atoms with E-state index in [0.717, 1.165) is 31.6 Å². The zero-order valence-electron chi connectivity index (χ0n) is 11.0. The van der Waals surface area contributed by atoms with Gasteiger partial charge in [-0.05, 0) is 45.4 Å². The largest absolute Gasteiger partial charge is 0.315 e. The number of hydrogen-bond acceptors (Lipinski definition) is 2. The van der Waals surface area contributed by atoms with Crippen LogP contribution in [0.2, 0.25) is 0 Å². The van der Waals surface area contributed by atoms with Crippen LogP contribution in [0, 0.1) is 5.82 Å². The van der Waals surface area contributed by atoms with Crippen LogP contribution in [0.15, 0.2) is 24.3 Å². The predicted octanol–water partition coefficient (Wildman–Crippen LogP) is 2.35. The van der Waals surface area contributed by atoms with E-state index in [4.69, 9.17) is 0 Å². The van der Waals surface area contributed by atoms with Crippen LogP contribution >= 0.6 is 0 Å². The first-order valence-corrected chi connectivity index (χ1v) is 6.18. The molecule has 0 aliphatic rings. The van der Waals surface area contributed by atoms with Gasteiger partial charge in [0.1, 0.15) is 5.82 Å². The molecule has 1 rings (SSSR count). The summed E-state index contributed by atoms with van der Waals surface area (Å²) in [6, 6.07) is 6.94. The first-order valence-electron chi connectivity index (χ1n) is 6.18. The van der Waals surface area contributed by atoms with E-state index in [1.165, 1.54) is 6.07 Å². The van der Waals surface area contributed by atoms with Crippen molar-refractivity contribution in [3.8, 4) is 0 Å². The number of benzene rings is 1. The lowest BCUT2D eigenvalue weighted by Crippen LogP contribution is -2.40. The highest BCUT2D eigenvalue weighted by Gasteiger charge is 2.06. The maximum absolute atomic E-state index is 13.3. The second-order valence-corrected chi connectivity index (χ2v) is 5.27. The van der Waals surface area contributed by atoms with Crippen LogP contribution in [0.3, 0.4) is 0 Å². The van der Waals surface area contributed by atoms with E-state index in [1.54, 1.807) is 6.07 Å². The van der Waals surface area contributed by atoms with E-state index < -0.39 is 0 Å². The molecule has 0 aromatic heterocycles. The molecule has 1 aromatic rings. The third kappa shape index (κ3) is 6.39. The first-order chi connectivity index (χ1) is 7.99. The Morgan fingerprint density at radius 2 is 1.76 bits per heavy atom. The van der Waals surface area contributed by atoms with Gasteiger partial charge in [0.15, 0.2) is 0 Å². The minimum atomic E-state index is -0.109. The number of nitrogens with one attached hydrogen (secondary N) is 2. The Morgan fingerprint density at radius 3 is 2.41 bits per heavy atom. The van der Waals surface area contributed by atoms with Crippen LogP contribution < -0.4 is 10.6 Å². The molecule has 3 heteroatoms. The van der Waals surface area contributed by atoms with Crippen LogP contribution in [0.5, 0.6) is 0 Å². The second-order valence-electron chi connectivity index (χ2n) is 5.27. The highest BCUT2D eigenvalue weighted by atomic mass is 19.1. The fraction of sp³-hybridized carbons (Fsp3) is 0.571. The lowest BCUT2D eigenvalue weighted by atomic mass is 10.1. The number of halogens is 1. The van der Waals surface area contributed by atoms with Gasteiger partial charge in [-0.25, -0.2) is 4.39 Å². The quantitative estimate of drug-likeness (QED) is 0.743. The molecular formula is C14H23FN2. The van der Waals surface area contributed by atoms with Crippen LogP contribution in [0.4, 0.5) is 4.39 Å². The van der Waals surface area contributed by atoms with Gasteiger partial charge in [-0.15, -0.1) is 0 Å². The molecule has 0 amide bonds. The van der Waals surface area contributed by atoms with Gasteiger partial charge in [0, 0.05) is 18.6 Å². The van der Waals surface area contributed by atoms with Crippen molar-refractivity contribution in [3.63, 3.8) is 0 Å². The maximum atomic E-state index is 13.3. The van der Waals surface area contributed by atoms with Crippen molar-refractivity contribution in [2.75, 3.05) is 19.6 Å². The molecular weight excluding hydrogens is 215 g/mol. The molecule has 2 N–H and O–H groups in total. The average molecular weight is 238 g/mol. The summed E-state index contributed by atoms with van der Waals surface area (Å²) >= 11 is 0. The monoisotopic (exact) mass is 238 g/mol. The minimum Gasteiger partial charge on any atom is -0.315 e. The third-order valence-corrected chi connectivity index (χ3v) is 2.49. The molecule has 1 aromatic carbocycles. The minimum absolute atomic E-state index is 0.109. The first kappa shape index (κ1) is 14.1. The molecule has 0 fully saturated rings. The Balaban J connectivity index is 2.11. The van der Waals surface area contributed by atoms with Gasteiger partial charge < -0.3 is 10.6 Å². The summed E-state index contributed by atoms with van der Waals surface area (Å²) in [7, 11) is 0. The summed E-state index contributed by atoms with van der Waals surface area (Å²) in [4.78, 5) is 0. The molecule has 0 saturated heterocycles. The molecule has 96 valence electrons. The van der Waals surface area contributed by atoms with Crippen molar-refractivity contribution in [1.29, 1.82) is 0 Å².